The van der Waals surface area contributed by atoms with E-state index in [2.05, 4.69) is 6.92 Å². The Labute approximate surface area is 150 Å². The molecule has 2 aromatic rings. The summed E-state index contributed by atoms with van der Waals surface area (Å²) < 4.78 is 27.7. The van der Waals surface area contributed by atoms with Crippen LogP contribution in [0, 0.1) is 17.6 Å². The standard InChI is InChI=1S/C23H28F2/c1-2-3-4-5-17-6-8-19(9-7-17)22-15-12-20(16-23(22)25)18-10-13-21(24)14-11-18/h10-17,19H,2-9H2,1H3/t17-,19-. The Hall–Kier alpha value is -1.70. The molecule has 0 N–H and O–H groups in total. The average Bonchev–Trinajstić information content (AvgIpc) is 2.63. The van der Waals surface area contributed by atoms with Gasteiger partial charge in [0.25, 0.3) is 0 Å². The predicted molar refractivity (Wildman–Crippen MR) is 101 cm³/mol. The molecule has 0 aromatic heterocycles. The van der Waals surface area contributed by atoms with Gasteiger partial charge in [0.15, 0.2) is 0 Å². The van der Waals surface area contributed by atoms with E-state index in [9.17, 15) is 8.78 Å². The lowest BCUT2D eigenvalue weighted by atomic mass is 9.76. The molecule has 25 heavy (non-hydrogen) atoms. The van der Waals surface area contributed by atoms with Crippen molar-refractivity contribution in [1.29, 1.82) is 0 Å². The number of unbranched alkanes of at least 4 members (excludes halogenated alkanes) is 2. The summed E-state index contributed by atoms with van der Waals surface area (Å²) in [5.41, 5.74) is 2.53. The Morgan fingerprint density at radius 1 is 0.840 bits per heavy atom. The molecule has 0 aliphatic heterocycles. The van der Waals surface area contributed by atoms with E-state index in [4.69, 9.17) is 0 Å². The second-order valence-corrected chi connectivity index (χ2v) is 7.46. The van der Waals surface area contributed by atoms with Crippen LogP contribution in [-0.4, -0.2) is 0 Å². The lowest BCUT2D eigenvalue weighted by Gasteiger charge is -2.29. The Morgan fingerprint density at radius 2 is 1.52 bits per heavy atom. The van der Waals surface area contributed by atoms with Crippen molar-refractivity contribution in [1.82, 2.24) is 0 Å². The van der Waals surface area contributed by atoms with Gasteiger partial charge >= 0.3 is 0 Å². The normalized spacial score (nSPS) is 20.6. The average molecular weight is 342 g/mol. The monoisotopic (exact) mass is 342 g/mol. The van der Waals surface area contributed by atoms with Gasteiger partial charge < -0.3 is 0 Å². The lowest BCUT2D eigenvalue weighted by molar-refractivity contribution is 0.299. The molecule has 0 atom stereocenters. The van der Waals surface area contributed by atoms with Gasteiger partial charge in [-0.2, -0.15) is 0 Å². The van der Waals surface area contributed by atoms with Crippen molar-refractivity contribution in [2.75, 3.05) is 0 Å². The first-order valence-electron chi connectivity index (χ1n) is 9.72. The molecule has 2 aromatic carbocycles. The molecule has 1 aliphatic carbocycles. The number of benzene rings is 2. The molecule has 0 nitrogen and oxygen atoms in total. The van der Waals surface area contributed by atoms with Gasteiger partial charge in [-0.05, 0) is 72.4 Å². The maximum absolute atomic E-state index is 14.7. The highest BCUT2D eigenvalue weighted by Crippen LogP contribution is 2.39. The van der Waals surface area contributed by atoms with Gasteiger partial charge in [-0.15, -0.1) is 0 Å². The number of hydrogen-bond donors (Lipinski definition) is 0. The molecular formula is C23H28F2. The van der Waals surface area contributed by atoms with E-state index in [-0.39, 0.29) is 11.6 Å². The van der Waals surface area contributed by atoms with Gasteiger partial charge in [-0.25, -0.2) is 8.78 Å². The van der Waals surface area contributed by atoms with E-state index in [0.717, 1.165) is 35.4 Å². The van der Waals surface area contributed by atoms with Crippen molar-refractivity contribution in [3.05, 3.63) is 59.7 Å². The first-order valence-corrected chi connectivity index (χ1v) is 9.72. The number of hydrogen-bond acceptors (Lipinski definition) is 0. The molecule has 0 radical (unpaired) electrons. The number of rotatable bonds is 6. The molecule has 134 valence electrons. The fourth-order valence-corrected chi connectivity index (χ4v) is 4.13. The minimum absolute atomic E-state index is 0.115. The Morgan fingerprint density at radius 3 is 2.16 bits per heavy atom. The summed E-state index contributed by atoms with van der Waals surface area (Å²) in [4.78, 5) is 0. The van der Waals surface area contributed by atoms with Crippen LogP contribution in [0.4, 0.5) is 8.78 Å². The molecule has 0 spiro atoms. The highest BCUT2D eigenvalue weighted by Gasteiger charge is 2.24. The van der Waals surface area contributed by atoms with Crippen molar-refractivity contribution in [3.8, 4) is 11.1 Å². The minimum atomic E-state index is -0.267. The van der Waals surface area contributed by atoms with Gasteiger partial charge in [-0.3, -0.25) is 0 Å². The summed E-state index contributed by atoms with van der Waals surface area (Å²) in [6.45, 7) is 2.25. The molecule has 0 unspecified atom stereocenters. The Bertz CT molecular complexity index is 667. The third-order valence-electron chi connectivity index (χ3n) is 5.68. The SMILES string of the molecule is CCCCC[C@H]1CC[C@H](c2ccc(-c3ccc(F)cc3)cc2F)CC1. The van der Waals surface area contributed by atoms with Crippen LogP contribution in [0.15, 0.2) is 42.5 Å². The summed E-state index contributed by atoms with van der Waals surface area (Å²) in [5, 5.41) is 0. The molecule has 1 saturated carbocycles. The smallest absolute Gasteiger partial charge is 0.127 e. The predicted octanol–water partition coefficient (Wildman–Crippen LogP) is 7.49. The summed E-state index contributed by atoms with van der Waals surface area (Å²) in [6.07, 6.45) is 9.95. The second kappa shape index (κ2) is 8.60. The van der Waals surface area contributed by atoms with E-state index in [1.807, 2.05) is 12.1 Å². The maximum atomic E-state index is 14.7. The van der Waals surface area contributed by atoms with E-state index < -0.39 is 0 Å². The minimum Gasteiger partial charge on any atom is -0.207 e. The number of halogens is 2. The third-order valence-corrected chi connectivity index (χ3v) is 5.68. The van der Waals surface area contributed by atoms with Crippen molar-refractivity contribution in [2.24, 2.45) is 5.92 Å². The van der Waals surface area contributed by atoms with Crippen molar-refractivity contribution in [2.45, 2.75) is 64.2 Å². The largest absolute Gasteiger partial charge is 0.207 e. The molecule has 0 heterocycles. The molecular weight excluding hydrogens is 314 g/mol. The maximum Gasteiger partial charge on any atom is 0.127 e. The second-order valence-electron chi connectivity index (χ2n) is 7.46. The van der Waals surface area contributed by atoms with Gasteiger partial charge in [0.05, 0.1) is 0 Å². The summed E-state index contributed by atoms with van der Waals surface area (Å²) >= 11 is 0. The molecule has 0 saturated heterocycles. The van der Waals surface area contributed by atoms with Crippen LogP contribution in [0.5, 0.6) is 0 Å². The molecule has 1 aliphatic rings. The molecule has 3 rings (SSSR count). The quantitative estimate of drug-likeness (QED) is 0.477. The van der Waals surface area contributed by atoms with Gasteiger partial charge in [0, 0.05) is 0 Å². The first kappa shape index (κ1) is 18.1. The van der Waals surface area contributed by atoms with Crippen LogP contribution < -0.4 is 0 Å². The van der Waals surface area contributed by atoms with E-state index in [1.54, 1.807) is 18.2 Å². The van der Waals surface area contributed by atoms with Crippen LogP contribution in [0.2, 0.25) is 0 Å². The first-order chi connectivity index (χ1) is 12.2. The topological polar surface area (TPSA) is 0 Å². The lowest BCUT2D eigenvalue weighted by Crippen LogP contribution is -2.14. The van der Waals surface area contributed by atoms with E-state index in [0.29, 0.717) is 5.92 Å². The Balaban J connectivity index is 1.63. The third kappa shape index (κ3) is 4.68. The zero-order valence-electron chi connectivity index (χ0n) is 15.1. The fourth-order valence-electron chi connectivity index (χ4n) is 4.13. The van der Waals surface area contributed by atoms with Crippen molar-refractivity contribution < 1.29 is 8.78 Å². The van der Waals surface area contributed by atoms with Gasteiger partial charge in [-0.1, -0.05) is 56.9 Å². The van der Waals surface area contributed by atoms with Crippen LogP contribution in [0.3, 0.4) is 0 Å². The molecule has 1 fully saturated rings. The summed E-state index contributed by atoms with van der Waals surface area (Å²) in [7, 11) is 0. The van der Waals surface area contributed by atoms with Crippen molar-refractivity contribution in [3.63, 3.8) is 0 Å². The highest BCUT2D eigenvalue weighted by atomic mass is 19.1. The molecule has 0 bridgehead atoms. The van der Waals surface area contributed by atoms with E-state index in [1.165, 1.54) is 50.7 Å². The highest BCUT2D eigenvalue weighted by molar-refractivity contribution is 5.63. The molecule has 0 amide bonds. The van der Waals surface area contributed by atoms with Crippen LogP contribution in [0.25, 0.3) is 11.1 Å². The van der Waals surface area contributed by atoms with Gasteiger partial charge in [0.1, 0.15) is 11.6 Å². The van der Waals surface area contributed by atoms with Crippen molar-refractivity contribution >= 4 is 0 Å². The zero-order chi connectivity index (χ0) is 17.6. The zero-order valence-corrected chi connectivity index (χ0v) is 15.1. The fraction of sp³-hybridized carbons (Fsp3) is 0.478. The molecule has 2 heteroatoms. The van der Waals surface area contributed by atoms with Crippen LogP contribution in [-0.2, 0) is 0 Å². The van der Waals surface area contributed by atoms with E-state index >= 15 is 0 Å². The Kier molecular flexibility index (Phi) is 6.23. The summed E-state index contributed by atoms with van der Waals surface area (Å²) in [5.74, 6) is 0.807. The van der Waals surface area contributed by atoms with Gasteiger partial charge in [0.2, 0.25) is 0 Å². The van der Waals surface area contributed by atoms with Crippen LogP contribution >= 0.6 is 0 Å². The summed E-state index contributed by atoms with van der Waals surface area (Å²) in [6, 6.07) is 11.8. The van der Waals surface area contributed by atoms with Crippen LogP contribution in [0.1, 0.15) is 69.8 Å².